The number of nitrogens with one attached hydrogen (secondary N) is 1. The number of rotatable bonds is 5. The summed E-state index contributed by atoms with van der Waals surface area (Å²) < 4.78 is 1.74. The molecule has 6 heteroatoms. The van der Waals surface area contributed by atoms with E-state index in [0.29, 0.717) is 5.02 Å². The predicted molar refractivity (Wildman–Crippen MR) is 70.8 cm³/mol. The van der Waals surface area contributed by atoms with Crippen LogP contribution in [0.15, 0.2) is 30.6 Å². The lowest BCUT2D eigenvalue weighted by atomic mass is 10.1. The molecule has 0 saturated heterocycles. The molecule has 0 bridgehead atoms. The van der Waals surface area contributed by atoms with Crippen molar-refractivity contribution in [2.75, 3.05) is 0 Å². The minimum atomic E-state index is -0.0352. The Morgan fingerprint density at radius 3 is 2.89 bits per heavy atom. The van der Waals surface area contributed by atoms with Crippen molar-refractivity contribution in [1.82, 2.24) is 20.2 Å². The van der Waals surface area contributed by atoms with Gasteiger partial charge in [0.15, 0.2) is 0 Å². The first kappa shape index (κ1) is 13.0. The topological polar surface area (TPSA) is 68.8 Å². The highest BCUT2D eigenvalue weighted by atomic mass is 35.5. The fraction of sp³-hybridized carbons (Fsp3) is 0.333. The minimum absolute atomic E-state index is 0.0352. The summed E-state index contributed by atoms with van der Waals surface area (Å²) in [5, 5.41) is 4.74. The number of halogens is 1. The van der Waals surface area contributed by atoms with Gasteiger partial charge in [0.05, 0.1) is 23.0 Å². The van der Waals surface area contributed by atoms with Crippen molar-refractivity contribution >= 4 is 11.6 Å². The standard InChI is InChI=1S/C12H16ClN5/c1-18-12(10(13)8-16-18)11(17-14)6-5-9-4-2-3-7-15-9/h2-4,7-8,11,17H,5-6,14H2,1H3. The summed E-state index contributed by atoms with van der Waals surface area (Å²) in [5.74, 6) is 5.60. The van der Waals surface area contributed by atoms with Gasteiger partial charge < -0.3 is 0 Å². The second-order valence-electron chi connectivity index (χ2n) is 4.08. The summed E-state index contributed by atoms with van der Waals surface area (Å²) in [6.07, 6.45) is 5.06. The Morgan fingerprint density at radius 1 is 1.50 bits per heavy atom. The summed E-state index contributed by atoms with van der Waals surface area (Å²) in [6.45, 7) is 0. The molecule has 2 aromatic rings. The Hall–Kier alpha value is -1.43. The number of pyridine rings is 1. The fourth-order valence-corrected chi connectivity index (χ4v) is 2.25. The fourth-order valence-electron chi connectivity index (χ4n) is 1.95. The van der Waals surface area contributed by atoms with Crippen LogP contribution in [0.2, 0.25) is 5.02 Å². The number of hydrazine groups is 1. The molecule has 0 amide bonds. The average Bonchev–Trinajstić information content (AvgIpc) is 2.73. The van der Waals surface area contributed by atoms with E-state index in [1.54, 1.807) is 17.1 Å². The van der Waals surface area contributed by atoms with Gasteiger partial charge in [-0.15, -0.1) is 0 Å². The van der Waals surface area contributed by atoms with Gasteiger partial charge in [0.2, 0.25) is 0 Å². The van der Waals surface area contributed by atoms with Crippen molar-refractivity contribution in [2.24, 2.45) is 12.9 Å². The quantitative estimate of drug-likeness (QED) is 0.637. The highest BCUT2D eigenvalue weighted by molar-refractivity contribution is 6.31. The van der Waals surface area contributed by atoms with E-state index >= 15 is 0 Å². The average molecular weight is 266 g/mol. The SMILES string of the molecule is Cn1ncc(Cl)c1C(CCc1ccccn1)NN. The molecule has 0 aliphatic carbocycles. The second-order valence-corrected chi connectivity index (χ2v) is 4.49. The zero-order valence-electron chi connectivity index (χ0n) is 10.2. The number of hydrogen-bond donors (Lipinski definition) is 2. The maximum Gasteiger partial charge on any atom is 0.0834 e. The monoisotopic (exact) mass is 265 g/mol. The summed E-state index contributed by atoms with van der Waals surface area (Å²) in [6, 6.07) is 5.84. The first-order chi connectivity index (χ1) is 8.72. The molecule has 1 atom stereocenters. The highest BCUT2D eigenvalue weighted by Crippen LogP contribution is 2.24. The van der Waals surface area contributed by atoms with Gasteiger partial charge in [-0.3, -0.25) is 20.9 Å². The van der Waals surface area contributed by atoms with E-state index in [1.807, 2.05) is 25.2 Å². The molecule has 96 valence electrons. The molecule has 1 unspecified atom stereocenters. The van der Waals surface area contributed by atoms with E-state index in [4.69, 9.17) is 17.4 Å². The van der Waals surface area contributed by atoms with Crippen molar-refractivity contribution in [2.45, 2.75) is 18.9 Å². The molecule has 2 aromatic heterocycles. The third kappa shape index (κ3) is 2.87. The van der Waals surface area contributed by atoms with Crippen LogP contribution in [0.4, 0.5) is 0 Å². The molecule has 0 saturated carbocycles. The number of aryl methyl sites for hydroxylation is 2. The van der Waals surface area contributed by atoms with Gasteiger partial charge in [0.1, 0.15) is 0 Å². The Morgan fingerprint density at radius 2 is 2.33 bits per heavy atom. The zero-order chi connectivity index (χ0) is 13.0. The van der Waals surface area contributed by atoms with E-state index in [0.717, 1.165) is 24.2 Å². The Labute approximate surface area is 111 Å². The van der Waals surface area contributed by atoms with Crippen molar-refractivity contribution in [3.05, 3.63) is 47.0 Å². The van der Waals surface area contributed by atoms with Gasteiger partial charge in [0, 0.05) is 18.9 Å². The summed E-state index contributed by atoms with van der Waals surface area (Å²) in [7, 11) is 1.85. The molecule has 0 aliphatic heterocycles. The van der Waals surface area contributed by atoms with Crippen LogP contribution in [0.1, 0.15) is 23.9 Å². The van der Waals surface area contributed by atoms with Crippen LogP contribution in [-0.2, 0) is 13.5 Å². The lowest BCUT2D eigenvalue weighted by Crippen LogP contribution is -2.30. The van der Waals surface area contributed by atoms with Gasteiger partial charge in [-0.25, -0.2) is 0 Å². The van der Waals surface area contributed by atoms with E-state index in [-0.39, 0.29) is 6.04 Å². The second kappa shape index (κ2) is 5.95. The van der Waals surface area contributed by atoms with Crippen LogP contribution < -0.4 is 11.3 Å². The summed E-state index contributed by atoms with van der Waals surface area (Å²) in [4.78, 5) is 4.29. The van der Waals surface area contributed by atoms with E-state index in [2.05, 4.69) is 15.5 Å². The molecule has 5 nitrogen and oxygen atoms in total. The third-order valence-electron chi connectivity index (χ3n) is 2.88. The van der Waals surface area contributed by atoms with E-state index in [1.165, 1.54) is 0 Å². The first-order valence-corrected chi connectivity index (χ1v) is 6.13. The van der Waals surface area contributed by atoms with Gasteiger partial charge in [-0.2, -0.15) is 5.10 Å². The van der Waals surface area contributed by atoms with E-state index in [9.17, 15) is 0 Å². The molecule has 0 aromatic carbocycles. The Balaban J connectivity index is 2.07. The normalized spacial score (nSPS) is 12.6. The number of hydrogen-bond acceptors (Lipinski definition) is 4. The maximum atomic E-state index is 6.11. The molecule has 3 N–H and O–H groups in total. The van der Waals surface area contributed by atoms with Crippen LogP contribution in [-0.4, -0.2) is 14.8 Å². The Bertz CT molecular complexity index is 477. The first-order valence-electron chi connectivity index (χ1n) is 5.75. The predicted octanol–water partition coefficient (Wildman–Crippen LogP) is 1.61. The number of nitrogens with two attached hydrogens (primary N) is 1. The molecule has 0 aliphatic rings. The van der Waals surface area contributed by atoms with Gasteiger partial charge in [-0.05, 0) is 25.0 Å². The van der Waals surface area contributed by atoms with Crippen molar-refractivity contribution in [3.63, 3.8) is 0 Å². The molecule has 2 rings (SSSR count). The minimum Gasteiger partial charge on any atom is -0.271 e. The summed E-state index contributed by atoms with van der Waals surface area (Å²) >= 11 is 6.11. The summed E-state index contributed by atoms with van der Waals surface area (Å²) in [5.41, 5.74) is 4.72. The van der Waals surface area contributed by atoms with Crippen LogP contribution in [0.5, 0.6) is 0 Å². The molecular formula is C12H16ClN5. The molecular weight excluding hydrogens is 250 g/mol. The Kier molecular flexibility index (Phi) is 4.30. The van der Waals surface area contributed by atoms with E-state index < -0.39 is 0 Å². The lowest BCUT2D eigenvalue weighted by Gasteiger charge is -2.16. The van der Waals surface area contributed by atoms with Crippen LogP contribution >= 0.6 is 11.6 Å². The number of nitrogens with zero attached hydrogens (tertiary/aromatic N) is 3. The van der Waals surface area contributed by atoms with Crippen LogP contribution in [0.25, 0.3) is 0 Å². The molecule has 0 radical (unpaired) electrons. The van der Waals surface area contributed by atoms with Crippen molar-refractivity contribution in [1.29, 1.82) is 0 Å². The molecule has 18 heavy (non-hydrogen) atoms. The van der Waals surface area contributed by atoms with Gasteiger partial charge in [-0.1, -0.05) is 17.7 Å². The zero-order valence-corrected chi connectivity index (χ0v) is 10.9. The van der Waals surface area contributed by atoms with Crippen molar-refractivity contribution in [3.8, 4) is 0 Å². The van der Waals surface area contributed by atoms with Crippen LogP contribution in [0.3, 0.4) is 0 Å². The van der Waals surface area contributed by atoms with Gasteiger partial charge >= 0.3 is 0 Å². The smallest absolute Gasteiger partial charge is 0.0834 e. The van der Waals surface area contributed by atoms with Crippen molar-refractivity contribution < 1.29 is 0 Å². The lowest BCUT2D eigenvalue weighted by molar-refractivity contribution is 0.478. The largest absolute Gasteiger partial charge is 0.271 e. The number of aromatic nitrogens is 3. The highest BCUT2D eigenvalue weighted by Gasteiger charge is 2.17. The molecule has 0 spiro atoms. The molecule has 0 fully saturated rings. The van der Waals surface area contributed by atoms with Crippen LogP contribution in [0, 0.1) is 0 Å². The maximum absolute atomic E-state index is 6.11. The molecule has 2 heterocycles. The van der Waals surface area contributed by atoms with Gasteiger partial charge in [0.25, 0.3) is 0 Å². The third-order valence-corrected chi connectivity index (χ3v) is 3.18.